The van der Waals surface area contributed by atoms with Crippen molar-refractivity contribution in [2.45, 2.75) is 20.5 Å². The van der Waals surface area contributed by atoms with Gasteiger partial charge < -0.3 is 14.6 Å². The third-order valence-electron chi connectivity index (χ3n) is 3.09. The zero-order valence-electron chi connectivity index (χ0n) is 12.9. The Morgan fingerprint density at radius 3 is 2.55 bits per heavy atom. The molecule has 1 aromatic heterocycles. The third kappa shape index (κ3) is 3.69. The molecule has 0 amide bonds. The molecule has 0 fully saturated rings. The standard InChI is InChI=1S/C17H19NO4/c1-12-7-13(2)9-14(8-12)10-22-16-5-4-6-18(16)15(11-21-3)17(19)20/h4-9,11H,10H2,1-3H3,(H,19,20). The van der Waals surface area contributed by atoms with E-state index < -0.39 is 5.97 Å². The lowest BCUT2D eigenvalue weighted by molar-refractivity contribution is -0.130. The predicted molar refractivity (Wildman–Crippen MR) is 83.6 cm³/mol. The van der Waals surface area contributed by atoms with E-state index in [1.165, 1.54) is 29.1 Å². The summed E-state index contributed by atoms with van der Waals surface area (Å²) in [6, 6.07) is 9.63. The second-order valence-corrected chi connectivity index (χ2v) is 5.05. The minimum atomic E-state index is -1.09. The Morgan fingerprint density at radius 2 is 1.95 bits per heavy atom. The summed E-state index contributed by atoms with van der Waals surface area (Å²) in [5.41, 5.74) is 3.36. The molecular formula is C17H19NO4. The van der Waals surface area contributed by atoms with Gasteiger partial charge in [-0.05, 0) is 25.5 Å². The smallest absolute Gasteiger partial charge is 0.356 e. The highest BCUT2D eigenvalue weighted by Gasteiger charge is 2.14. The number of aromatic nitrogens is 1. The molecule has 0 saturated heterocycles. The van der Waals surface area contributed by atoms with E-state index >= 15 is 0 Å². The van der Waals surface area contributed by atoms with Gasteiger partial charge in [-0.1, -0.05) is 29.3 Å². The molecule has 0 aliphatic carbocycles. The summed E-state index contributed by atoms with van der Waals surface area (Å²) in [6.07, 6.45) is 2.79. The van der Waals surface area contributed by atoms with Gasteiger partial charge in [-0.15, -0.1) is 0 Å². The van der Waals surface area contributed by atoms with Crippen LogP contribution in [0.15, 0.2) is 42.8 Å². The number of hydrogen-bond acceptors (Lipinski definition) is 3. The van der Waals surface area contributed by atoms with Crippen LogP contribution in [0.2, 0.25) is 0 Å². The maximum atomic E-state index is 11.3. The maximum absolute atomic E-state index is 11.3. The van der Waals surface area contributed by atoms with E-state index in [-0.39, 0.29) is 5.70 Å². The fourth-order valence-corrected chi connectivity index (χ4v) is 2.31. The van der Waals surface area contributed by atoms with E-state index in [1.807, 2.05) is 26.0 Å². The number of carboxylic acid groups (broad SMARTS) is 1. The zero-order chi connectivity index (χ0) is 16.1. The Balaban J connectivity index is 2.19. The average Bonchev–Trinajstić information content (AvgIpc) is 2.89. The number of aliphatic carboxylic acids is 1. The fourth-order valence-electron chi connectivity index (χ4n) is 2.31. The van der Waals surface area contributed by atoms with Gasteiger partial charge in [-0.3, -0.25) is 4.57 Å². The Kier molecular flexibility index (Phi) is 4.88. The third-order valence-corrected chi connectivity index (χ3v) is 3.09. The van der Waals surface area contributed by atoms with E-state index in [0.717, 1.165) is 5.56 Å². The highest BCUT2D eigenvalue weighted by atomic mass is 16.5. The first-order chi connectivity index (χ1) is 10.5. The molecule has 116 valence electrons. The number of carboxylic acids is 1. The highest BCUT2D eigenvalue weighted by molar-refractivity contribution is 6.08. The molecule has 2 aromatic rings. The van der Waals surface area contributed by atoms with E-state index in [9.17, 15) is 9.90 Å². The Bertz CT molecular complexity index is 680. The largest absolute Gasteiger partial charge is 0.502 e. The summed E-state index contributed by atoms with van der Waals surface area (Å²) >= 11 is 0. The van der Waals surface area contributed by atoms with Crippen LogP contribution in [0, 0.1) is 13.8 Å². The van der Waals surface area contributed by atoms with Gasteiger partial charge in [0.25, 0.3) is 0 Å². The van der Waals surface area contributed by atoms with Crippen LogP contribution in [0.1, 0.15) is 16.7 Å². The van der Waals surface area contributed by atoms with Crippen LogP contribution in [0.5, 0.6) is 5.88 Å². The van der Waals surface area contributed by atoms with Gasteiger partial charge in [-0.2, -0.15) is 0 Å². The average molecular weight is 301 g/mol. The van der Waals surface area contributed by atoms with E-state index in [0.29, 0.717) is 12.5 Å². The van der Waals surface area contributed by atoms with Crippen LogP contribution in [0.3, 0.4) is 0 Å². The predicted octanol–water partition coefficient (Wildman–Crippen LogP) is 3.21. The first-order valence-corrected chi connectivity index (χ1v) is 6.85. The van der Waals surface area contributed by atoms with Gasteiger partial charge in [-0.25, -0.2) is 4.79 Å². The summed E-state index contributed by atoms with van der Waals surface area (Å²) in [4.78, 5) is 11.3. The summed E-state index contributed by atoms with van der Waals surface area (Å²) in [5.74, 6) is -0.640. The van der Waals surface area contributed by atoms with E-state index in [2.05, 4.69) is 6.07 Å². The lowest BCUT2D eigenvalue weighted by Crippen LogP contribution is -2.10. The fraction of sp³-hybridized carbons (Fsp3) is 0.235. The minimum Gasteiger partial charge on any atom is -0.502 e. The molecule has 5 heteroatoms. The second-order valence-electron chi connectivity index (χ2n) is 5.05. The zero-order valence-corrected chi connectivity index (χ0v) is 12.9. The van der Waals surface area contributed by atoms with Crippen molar-refractivity contribution < 1.29 is 19.4 Å². The number of hydrogen-bond donors (Lipinski definition) is 1. The van der Waals surface area contributed by atoms with Crippen molar-refractivity contribution in [2.75, 3.05) is 7.11 Å². The first kappa shape index (κ1) is 15.7. The van der Waals surface area contributed by atoms with Gasteiger partial charge in [0.1, 0.15) is 12.9 Å². The Morgan fingerprint density at radius 1 is 1.27 bits per heavy atom. The molecule has 5 nitrogen and oxygen atoms in total. The van der Waals surface area contributed by atoms with E-state index in [4.69, 9.17) is 9.47 Å². The van der Waals surface area contributed by atoms with Crippen molar-refractivity contribution in [3.63, 3.8) is 0 Å². The molecule has 1 heterocycles. The molecule has 0 radical (unpaired) electrons. The van der Waals surface area contributed by atoms with E-state index in [1.54, 1.807) is 18.3 Å². The molecule has 0 aliphatic rings. The number of benzene rings is 1. The first-order valence-electron chi connectivity index (χ1n) is 6.85. The summed E-state index contributed by atoms with van der Waals surface area (Å²) in [6.45, 7) is 4.43. The molecule has 1 N–H and O–H groups in total. The molecule has 0 saturated carbocycles. The van der Waals surface area contributed by atoms with Gasteiger partial charge in [0.15, 0.2) is 11.6 Å². The monoisotopic (exact) mass is 301 g/mol. The minimum absolute atomic E-state index is 0.0112. The van der Waals surface area contributed by atoms with Crippen LogP contribution in [0.4, 0.5) is 0 Å². The van der Waals surface area contributed by atoms with Crippen LogP contribution in [0.25, 0.3) is 5.70 Å². The Labute approximate surface area is 129 Å². The topological polar surface area (TPSA) is 60.7 Å². The lowest BCUT2D eigenvalue weighted by Gasteiger charge is -2.12. The molecule has 0 aliphatic heterocycles. The number of ether oxygens (including phenoxy) is 2. The quantitative estimate of drug-likeness (QED) is 0.657. The maximum Gasteiger partial charge on any atom is 0.356 e. The van der Waals surface area contributed by atoms with Crippen molar-refractivity contribution in [2.24, 2.45) is 0 Å². The normalized spacial score (nSPS) is 11.3. The number of rotatable bonds is 6. The number of methoxy groups -OCH3 is 1. The summed E-state index contributed by atoms with van der Waals surface area (Å²) < 4.78 is 12.0. The number of nitrogens with zero attached hydrogens (tertiary/aromatic N) is 1. The summed E-state index contributed by atoms with van der Waals surface area (Å²) in [5, 5.41) is 9.23. The van der Waals surface area contributed by atoms with Gasteiger partial charge in [0.05, 0.1) is 7.11 Å². The van der Waals surface area contributed by atoms with Crippen LogP contribution in [-0.4, -0.2) is 22.8 Å². The highest BCUT2D eigenvalue weighted by Crippen LogP contribution is 2.20. The second kappa shape index (κ2) is 6.85. The van der Waals surface area contributed by atoms with Crippen molar-refractivity contribution in [3.8, 4) is 5.88 Å². The van der Waals surface area contributed by atoms with Crippen LogP contribution in [-0.2, 0) is 16.1 Å². The van der Waals surface area contributed by atoms with Crippen LogP contribution >= 0.6 is 0 Å². The molecule has 2 rings (SSSR count). The molecule has 0 unspecified atom stereocenters. The van der Waals surface area contributed by atoms with Crippen molar-refractivity contribution >= 4 is 11.7 Å². The number of carbonyl (C=O) groups is 1. The SMILES string of the molecule is COC=C(C(=O)O)n1cccc1OCc1cc(C)cc(C)c1. The van der Waals surface area contributed by atoms with Crippen molar-refractivity contribution in [1.82, 2.24) is 4.57 Å². The molecule has 1 aromatic carbocycles. The molecule has 0 spiro atoms. The van der Waals surface area contributed by atoms with Gasteiger partial charge in [0, 0.05) is 12.3 Å². The molecular weight excluding hydrogens is 282 g/mol. The molecule has 0 bridgehead atoms. The Hall–Kier alpha value is -2.69. The van der Waals surface area contributed by atoms with Crippen LogP contribution < -0.4 is 4.74 Å². The lowest BCUT2D eigenvalue weighted by atomic mass is 10.1. The van der Waals surface area contributed by atoms with Gasteiger partial charge >= 0.3 is 5.97 Å². The van der Waals surface area contributed by atoms with Crippen molar-refractivity contribution in [3.05, 3.63) is 59.5 Å². The number of aryl methyl sites for hydroxylation is 2. The van der Waals surface area contributed by atoms with Crippen molar-refractivity contribution in [1.29, 1.82) is 0 Å². The summed E-state index contributed by atoms with van der Waals surface area (Å²) in [7, 11) is 1.41. The molecule has 0 atom stereocenters. The molecule has 22 heavy (non-hydrogen) atoms. The van der Waals surface area contributed by atoms with Gasteiger partial charge in [0.2, 0.25) is 0 Å².